The number of methoxy groups -OCH3 is 1. The Bertz CT molecular complexity index is 792. The van der Waals surface area contributed by atoms with E-state index in [0.29, 0.717) is 6.61 Å². The van der Waals surface area contributed by atoms with Gasteiger partial charge in [0.1, 0.15) is 18.1 Å². The highest BCUT2D eigenvalue weighted by atomic mass is 16.5. The van der Waals surface area contributed by atoms with E-state index in [1.54, 1.807) is 7.11 Å². The molecule has 3 rings (SSSR count). The highest BCUT2D eigenvalue weighted by Gasteiger charge is 2.23. The Morgan fingerprint density at radius 1 is 1.10 bits per heavy atom. The Kier molecular flexibility index (Phi) is 8.99. The number of hydrogen-bond donors (Lipinski definition) is 1. The molecular formula is C24H34N4O3. The van der Waals surface area contributed by atoms with Gasteiger partial charge in [0.25, 0.3) is 0 Å². The number of nitrogens with one attached hydrogen (secondary N) is 1. The monoisotopic (exact) mass is 426 g/mol. The van der Waals surface area contributed by atoms with Crippen LogP contribution in [0.4, 0.5) is 0 Å². The second-order valence-electron chi connectivity index (χ2n) is 7.45. The first kappa shape index (κ1) is 22.9. The van der Waals surface area contributed by atoms with Crippen molar-refractivity contribution in [2.75, 3.05) is 67.2 Å². The van der Waals surface area contributed by atoms with Gasteiger partial charge in [-0.2, -0.15) is 0 Å². The second-order valence-corrected chi connectivity index (χ2v) is 7.45. The fourth-order valence-electron chi connectivity index (χ4n) is 3.67. The number of aliphatic imine (C=N–C) groups is 1. The van der Waals surface area contributed by atoms with Crippen molar-refractivity contribution < 1.29 is 14.2 Å². The lowest BCUT2D eigenvalue weighted by Gasteiger charge is -2.35. The third kappa shape index (κ3) is 6.87. The van der Waals surface area contributed by atoms with E-state index >= 15 is 0 Å². The molecule has 0 aliphatic carbocycles. The van der Waals surface area contributed by atoms with Crippen LogP contribution in [0.25, 0.3) is 0 Å². The van der Waals surface area contributed by atoms with Gasteiger partial charge in [0.2, 0.25) is 0 Å². The molecule has 0 saturated carbocycles. The van der Waals surface area contributed by atoms with Gasteiger partial charge in [0, 0.05) is 33.7 Å². The highest BCUT2D eigenvalue weighted by molar-refractivity contribution is 5.79. The molecule has 1 N–H and O–H groups in total. The molecule has 7 nitrogen and oxygen atoms in total. The van der Waals surface area contributed by atoms with Crippen molar-refractivity contribution in [2.24, 2.45) is 4.99 Å². The van der Waals surface area contributed by atoms with Crippen molar-refractivity contribution in [1.82, 2.24) is 15.1 Å². The van der Waals surface area contributed by atoms with Crippen LogP contribution in [0.3, 0.4) is 0 Å². The van der Waals surface area contributed by atoms with Gasteiger partial charge in [0.15, 0.2) is 5.96 Å². The van der Waals surface area contributed by atoms with Crippen LogP contribution >= 0.6 is 0 Å². The lowest BCUT2D eigenvalue weighted by molar-refractivity contribution is 0.0169. The summed E-state index contributed by atoms with van der Waals surface area (Å²) in [6.45, 7) is 5.43. The Morgan fingerprint density at radius 3 is 2.45 bits per heavy atom. The van der Waals surface area contributed by atoms with E-state index in [2.05, 4.69) is 32.2 Å². The van der Waals surface area contributed by atoms with Crippen molar-refractivity contribution >= 4 is 5.96 Å². The van der Waals surface area contributed by atoms with E-state index in [4.69, 9.17) is 14.2 Å². The van der Waals surface area contributed by atoms with E-state index in [1.165, 1.54) is 5.56 Å². The molecule has 2 aromatic rings. The number of morpholine rings is 1. The molecule has 1 unspecified atom stereocenters. The van der Waals surface area contributed by atoms with Crippen LogP contribution in [0, 0.1) is 0 Å². The molecule has 1 aliphatic rings. The van der Waals surface area contributed by atoms with Crippen LogP contribution in [0.5, 0.6) is 11.5 Å². The van der Waals surface area contributed by atoms with Gasteiger partial charge in [-0.25, -0.2) is 0 Å². The Hall–Kier alpha value is -2.77. The largest absolute Gasteiger partial charge is 0.497 e. The summed E-state index contributed by atoms with van der Waals surface area (Å²) in [5.74, 6) is 2.60. The minimum atomic E-state index is 0.223. The van der Waals surface area contributed by atoms with Crippen LogP contribution in [0.15, 0.2) is 59.6 Å². The Balaban J connectivity index is 1.58. The molecule has 1 heterocycles. The van der Waals surface area contributed by atoms with Crippen LogP contribution in [0.1, 0.15) is 11.6 Å². The number of guanidine groups is 1. The van der Waals surface area contributed by atoms with Gasteiger partial charge in [0.05, 0.1) is 32.9 Å². The van der Waals surface area contributed by atoms with Crippen molar-refractivity contribution in [1.29, 1.82) is 0 Å². The summed E-state index contributed by atoms with van der Waals surface area (Å²) in [4.78, 5) is 9.02. The lowest BCUT2D eigenvalue weighted by atomic mass is 10.0. The molecule has 31 heavy (non-hydrogen) atoms. The minimum absolute atomic E-state index is 0.223. The third-order valence-electron chi connectivity index (χ3n) is 5.45. The average Bonchev–Trinajstić information content (AvgIpc) is 2.83. The molecule has 2 aromatic carbocycles. The maximum Gasteiger partial charge on any atom is 0.193 e. The standard InChI is InChI=1S/C24H34N4O3/c1-25-24(27(2)13-18-31-22-7-5-4-6-8-22)26-19-23(28-14-16-30-17-15-28)20-9-11-21(29-3)12-10-20/h4-12,23H,13-19H2,1-3H3,(H,25,26). The molecule has 7 heteroatoms. The molecule has 0 spiro atoms. The number of benzene rings is 2. The molecule has 0 bridgehead atoms. The highest BCUT2D eigenvalue weighted by Crippen LogP contribution is 2.23. The number of hydrogen-bond acceptors (Lipinski definition) is 5. The predicted molar refractivity (Wildman–Crippen MR) is 124 cm³/mol. The van der Waals surface area contributed by atoms with Crippen molar-refractivity contribution in [2.45, 2.75) is 6.04 Å². The molecule has 1 aliphatic heterocycles. The number of ether oxygens (including phenoxy) is 3. The van der Waals surface area contributed by atoms with Crippen LogP contribution in [0.2, 0.25) is 0 Å². The molecule has 1 atom stereocenters. The normalized spacial score (nSPS) is 15.9. The second kappa shape index (κ2) is 12.2. The van der Waals surface area contributed by atoms with Crippen LogP contribution in [-0.2, 0) is 4.74 Å². The number of likely N-dealkylation sites (N-methyl/N-ethyl adjacent to an activating group) is 1. The van der Waals surface area contributed by atoms with E-state index < -0.39 is 0 Å². The zero-order valence-electron chi connectivity index (χ0n) is 18.8. The predicted octanol–water partition coefficient (Wildman–Crippen LogP) is 2.65. The van der Waals surface area contributed by atoms with Gasteiger partial charge >= 0.3 is 0 Å². The van der Waals surface area contributed by atoms with E-state index in [1.807, 2.05) is 56.6 Å². The van der Waals surface area contributed by atoms with Gasteiger partial charge < -0.3 is 24.4 Å². The SMILES string of the molecule is CN=C(NCC(c1ccc(OC)cc1)N1CCOCC1)N(C)CCOc1ccccc1. The Labute approximate surface area is 185 Å². The molecule has 168 valence electrons. The van der Waals surface area contributed by atoms with Gasteiger partial charge in [-0.15, -0.1) is 0 Å². The summed E-state index contributed by atoms with van der Waals surface area (Å²) in [5, 5.41) is 3.55. The Morgan fingerprint density at radius 2 is 1.81 bits per heavy atom. The van der Waals surface area contributed by atoms with E-state index in [9.17, 15) is 0 Å². The first-order valence-corrected chi connectivity index (χ1v) is 10.8. The van der Waals surface area contributed by atoms with E-state index in [0.717, 1.165) is 56.9 Å². The summed E-state index contributed by atoms with van der Waals surface area (Å²) in [7, 11) is 5.53. The zero-order valence-corrected chi connectivity index (χ0v) is 18.8. The summed E-state index contributed by atoms with van der Waals surface area (Å²) < 4.78 is 16.7. The molecule has 1 saturated heterocycles. The maximum absolute atomic E-state index is 5.82. The summed E-state index contributed by atoms with van der Waals surface area (Å²) in [5.41, 5.74) is 1.25. The average molecular weight is 427 g/mol. The van der Waals surface area contributed by atoms with E-state index in [-0.39, 0.29) is 6.04 Å². The van der Waals surface area contributed by atoms with Crippen LogP contribution < -0.4 is 14.8 Å². The smallest absolute Gasteiger partial charge is 0.193 e. The van der Waals surface area contributed by atoms with Crippen LogP contribution in [-0.4, -0.2) is 83.0 Å². The summed E-state index contributed by atoms with van der Waals surface area (Å²) in [6, 6.07) is 18.4. The fourth-order valence-corrected chi connectivity index (χ4v) is 3.67. The first-order valence-electron chi connectivity index (χ1n) is 10.8. The number of para-hydroxylation sites is 1. The molecule has 1 fully saturated rings. The summed E-state index contributed by atoms with van der Waals surface area (Å²) in [6.07, 6.45) is 0. The quantitative estimate of drug-likeness (QED) is 0.491. The maximum atomic E-state index is 5.82. The topological polar surface area (TPSA) is 58.6 Å². The number of nitrogens with zero attached hydrogens (tertiary/aromatic N) is 3. The first-order chi connectivity index (χ1) is 15.2. The fraction of sp³-hybridized carbons (Fsp3) is 0.458. The molecule has 0 amide bonds. The van der Waals surface area contributed by atoms with Crippen molar-refractivity contribution in [3.05, 3.63) is 60.2 Å². The molecular weight excluding hydrogens is 392 g/mol. The molecule has 0 radical (unpaired) electrons. The lowest BCUT2D eigenvalue weighted by Crippen LogP contribution is -2.47. The number of rotatable bonds is 9. The van der Waals surface area contributed by atoms with Gasteiger partial charge in [-0.3, -0.25) is 9.89 Å². The van der Waals surface area contributed by atoms with Crippen molar-refractivity contribution in [3.63, 3.8) is 0 Å². The zero-order chi connectivity index (χ0) is 21.9. The van der Waals surface area contributed by atoms with Crippen molar-refractivity contribution in [3.8, 4) is 11.5 Å². The van der Waals surface area contributed by atoms with Gasteiger partial charge in [-0.1, -0.05) is 30.3 Å². The minimum Gasteiger partial charge on any atom is -0.497 e. The summed E-state index contributed by atoms with van der Waals surface area (Å²) >= 11 is 0. The third-order valence-corrected chi connectivity index (χ3v) is 5.45. The molecule has 0 aromatic heterocycles. The van der Waals surface area contributed by atoms with Gasteiger partial charge in [-0.05, 0) is 29.8 Å².